The van der Waals surface area contributed by atoms with Crippen molar-refractivity contribution in [1.82, 2.24) is 10.1 Å². The molecule has 0 aliphatic heterocycles. The zero-order chi connectivity index (χ0) is 12.8. The number of nitrogens with zero attached hydrogens (tertiary/aromatic N) is 2. The topological polar surface area (TPSA) is 78.1 Å². The second kappa shape index (κ2) is 6.35. The molecule has 5 nitrogen and oxygen atoms in total. The summed E-state index contributed by atoms with van der Waals surface area (Å²) in [5.41, 5.74) is 6.46. The molecule has 0 amide bonds. The Bertz CT molecular complexity index is 476. The van der Waals surface area contributed by atoms with Gasteiger partial charge in [0.15, 0.2) is 5.76 Å². The fourth-order valence-electron chi connectivity index (χ4n) is 1.82. The molecule has 2 aromatic heterocycles. The van der Waals surface area contributed by atoms with Gasteiger partial charge in [-0.1, -0.05) is 18.0 Å². The molecule has 18 heavy (non-hydrogen) atoms. The van der Waals surface area contributed by atoms with Gasteiger partial charge in [0.25, 0.3) is 0 Å². The van der Waals surface area contributed by atoms with Crippen LogP contribution >= 0.6 is 0 Å². The summed E-state index contributed by atoms with van der Waals surface area (Å²) >= 11 is 0. The third kappa shape index (κ3) is 3.20. The molecule has 98 valence electrons. The molecule has 2 rings (SSSR count). The maximum atomic E-state index is 5.44. The van der Waals surface area contributed by atoms with Crippen LogP contribution in [0.3, 0.4) is 0 Å². The number of rotatable bonds is 7. The van der Waals surface area contributed by atoms with Crippen LogP contribution in [0.1, 0.15) is 37.1 Å². The number of unbranched alkanes of at least 4 members (excludes halogenated alkanes) is 3. The predicted molar refractivity (Wildman–Crippen MR) is 68.0 cm³/mol. The highest BCUT2D eigenvalue weighted by atomic mass is 16.5. The summed E-state index contributed by atoms with van der Waals surface area (Å²) < 4.78 is 10.5. The van der Waals surface area contributed by atoms with Crippen LogP contribution in [0.5, 0.6) is 0 Å². The summed E-state index contributed by atoms with van der Waals surface area (Å²) in [6.07, 6.45) is 6.90. The molecule has 0 unspecified atom stereocenters. The molecule has 0 aromatic carbocycles. The van der Waals surface area contributed by atoms with E-state index >= 15 is 0 Å². The Labute approximate surface area is 106 Å². The third-order valence-electron chi connectivity index (χ3n) is 2.88. The molecular formula is C13H19N3O2. The SMILES string of the molecule is Cc1ccoc1-c1noc(CCCCCCN)n1. The molecule has 0 radical (unpaired) electrons. The minimum Gasteiger partial charge on any atom is -0.461 e. The molecule has 5 heteroatoms. The van der Waals surface area contributed by atoms with E-state index in [2.05, 4.69) is 10.1 Å². The highest BCUT2D eigenvalue weighted by Gasteiger charge is 2.13. The zero-order valence-corrected chi connectivity index (χ0v) is 10.7. The molecule has 0 aliphatic rings. The maximum Gasteiger partial charge on any atom is 0.238 e. The molecule has 2 heterocycles. The van der Waals surface area contributed by atoms with E-state index < -0.39 is 0 Å². The molecule has 0 saturated carbocycles. The molecule has 0 atom stereocenters. The Morgan fingerprint density at radius 2 is 2.06 bits per heavy atom. The van der Waals surface area contributed by atoms with Gasteiger partial charge in [-0.05, 0) is 37.9 Å². The second-order valence-corrected chi connectivity index (χ2v) is 4.40. The smallest absolute Gasteiger partial charge is 0.238 e. The lowest BCUT2D eigenvalue weighted by atomic mass is 10.1. The van der Waals surface area contributed by atoms with Crippen LogP contribution in [0.2, 0.25) is 0 Å². The first-order chi connectivity index (χ1) is 8.81. The van der Waals surface area contributed by atoms with Crippen molar-refractivity contribution in [2.24, 2.45) is 5.73 Å². The molecule has 2 N–H and O–H groups in total. The molecule has 0 spiro atoms. The van der Waals surface area contributed by atoms with Crippen LogP contribution in [0, 0.1) is 6.92 Å². The van der Waals surface area contributed by atoms with E-state index in [1.807, 2.05) is 13.0 Å². The third-order valence-corrected chi connectivity index (χ3v) is 2.88. The quantitative estimate of drug-likeness (QED) is 0.763. The summed E-state index contributed by atoms with van der Waals surface area (Å²) in [6.45, 7) is 2.73. The number of nitrogens with two attached hydrogens (primary N) is 1. The van der Waals surface area contributed by atoms with E-state index in [0.717, 1.165) is 44.2 Å². The summed E-state index contributed by atoms with van der Waals surface area (Å²) in [7, 11) is 0. The Morgan fingerprint density at radius 3 is 2.78 bits per heavy atom. The first-order valence-electron chi connectivity index (χ1n) is 6.38. The Hall–Kier alpha value is -1.62. The minimum atomic E-state index is 0.537. The number of aromatic nitrogens is 2. The normalized spacial score (nSPS) is 11.0. The van der Waals surface area contributed by atoms with E-state index in [1.165, 1.54) is 0 Å². The van der Waals surface area contributed by atoms with Gasteiger partial charge in [0, 0.05) is 6.42 Å². The number of aryl methyl sites for hydroxylation is 2. The second-order valence-electron chi connectivity index (χ2n) is 4.40. The zero-order valence-electron chi connectivity index (χ0n) is 10.7. The number of furan rings is 1. The van der Waals surface area contributed by atoms with Gasteiger partial charge in [-0.15, -0.1) is 0 Å². The highest BCUT2D eigenvalue weighted by molar-refractivity contribution is 5.50. The molecule has 0 saturated heterocycles. The van der Waals surface area contributed by atoms with Crippen molar-refractivity contribution in [2.75, 3.05) is 6.54 Å². The Kier molecular flexibility index (Phi) is 4.52. The largest absolute Gasteiger partial charge is 0.461 e. The molecule has 0 bridgehead atoms. The van der Waals surface area contributed by atoms with Crippen molar-refractivity contribution < 1.29 is 8.94 Å². The maximum absolute atomic E-state index is 5.44. The van der Waals surface area contributed by atoms with Crippen molar-refractivity contribution >= 4 is 0 Å². The predicted octanol–water partition coefficient (Wildman–Crippen LogP) is 2.70. The van der Waals surface area contributed by atoms with E-state index in [-0.39, 0.29) is 0 Å². The van der Waals surface area contributed by atoms with Gasteiger partial charge < -0.3 is 14.7 Å². The average Bonchev–Trinajstić information content (AvgIpc) is 2.97. The van der Waals surface area contributed by atoms with Crippen molar-refractivity contribution in [2.45, 2.75) is 39.0 Å². The number of hydrogen-bond donors (Lipinski definition) is 1. The summed E-state index contributed by atoms with van der Waals surface area (Å²) in [6, 6.07) is 1.89. The van der Waals surface area contributed by atoms with E-state index in [4.69, 9.17) is 14.7 Å². The van der Waals surface area contributed by atoms with Crippen molar-refractivity contribution in [3.05, 3.63) is 23.8 Å². The lowest BCUT2D eigenvalue weighted by molar-refractivity contribution is 0.373. The fourth-order valence-corrected chi connectivity index (χ4v) is 1.82. The summed E-state index contributed by atoms with van der Waals surface area (Å²) in [5, 5.41) is 3.93. The standard InChI is InChI=1S/C13H19N3O2/c1-10-7-9-17-12(10)13-15-11(18-16-13)6-4-2-3-5-8-14/h7,9H,2-6,8,14H2,1H3. The molecular weight excluding hydrogens is 230 g/mol. The molecule has 0 aliphatic carbocycles. The monoisotopic (exact) mass is 249 g/mol. The van der Waals surface area contributed by atoms with E-state index in [0.29, 0.717) is 17.5 Å². The van der Waals surface area contributed by atoms with Gasteiger partial charge in [0.2, 0.25) is 11.7 Å². The van der Waals surface area contributed by atoms with E-state index in [1.54, 1.807) is 6.26 Å². The van der Waals surface area contributed by atoms with Crippen molar-refractivity contribution in [3.8, 4) is 11.6 Å². The lowest BCUT2D eigenvalue weighted by Gasteiger charge is -1.96. The van der Waals surface area contributed by atoms with Gasteiger partial charge in [-0.25, -0.2) is 0 Å². The van der Waals surface area contributed by atoms with Crippen LogP contribution < -0.4 is 5.73 Å². The summed E-state index contributed by atoms with van der Waals surface area (Å²) in [5.74, 6) is 1.90. The van der Waals surface area contributed by atoms with Crippen LogP contribution in [0.25, 0.3) is 11.6 Å². The molecule has 2 aromatic rings. The highest BCUT2D eigenvalue weighted by Crippen LogP contribution is 2.21. The van der Waals surface area contributed by atoms with Crippen molar-refractivity contribution in [3.63, 3.8) is 0 Å². The number of hydrogen-bond acceptors (Lipinski definition) is 5. The van der Waals surface area contributed by atoms with Gasteiger partial charge in [0.05, 0.1) is 6.26 Å². The van der Waals surface area contributed by atoms with Crippen LogP contribution in [0.15, 0.2) is 21.3 Å². The summed E-state index contributed by atoms with van der Waals surface area (Å²) in [4.78, 5) is 4.34. The Morgan fingerprint density at radius 1 is 1.22 bits per heavy atom. The molecule has 0 fully saturated rings. The van der Waals surface area contributed by atoms with Crippen molar-refractivity contribution in [1.29, 1.82) is 0 Å². The van der Waals surface area contributed by atoms with Crippen LogP contribution in [-0.2, 0) is 6.42 Å². The average molecular weight is 249 g/mol. The van der Waals surface area contributed by atoms with Crippen LogP contribution in [0.4, 0.5) is 0 Å². The first kappa shape index (κ1) is 12.8. The van der Waals surface area contributed by atoms with Gasteiger partial charge in [-0.2, -0.15) is 4.98 Å². The fraction of sp³-hybridized carbons (Fsp3) is 0.538. The lowest BCUT2D eigenvalue weighted by Crippen LogP contribution is -1.97. The minimum absolute atomic E-state index is 0.537. The van der Waals surface area contributed by atoms with Crippen LogP contribution in [-0.4, -0.2) is 16.7 Å². The van der Waals surface area contributed by atoms with E-state index in [9.17, 15) is 0 Å². The first-order valence-corrected chi connectivity index (χ1v) is 6.38. The van der Waals surface area contributed by atoms with Gasteiger partial charge in [0.1, 0.15) is 0 Å². The van der Waals surface area contributed by atoms with Gasteiger partial charge >= 0.3 is 0 Å². The Balaban J connectivity index is 1.85. The van der Waals surface area contributed by atoms with Gasteiger partial charge in [-0.3, -0.25) is 0 Å².